The van der Waals surface area contributed by atoms with Crippen LogP contribution in [0.25, 0.3) is 0 Å². The Hall–Kier alpha value is -1.82. The largest absolute Gasteiger partial charge is 0.354 e. The molecule has 6 nitrogen and oxygen atoms in total. The molecule has 1 atom stereocenters. The number of pyridine rings is 1. The minimum absolute atomic E-state index is 0.436. The molecule has 1 fully saturated rings. The molecule has 2 N–H and O–H groups in total. The summed E-state index contributed by atoms with van der Waals surface area (Å²) in [5.41, 5.74) is 1.17. The van der Waals surface area contributed by atoms with E-state index < -0.39 is 0 Å². The SMILES string of the molecule is CCCCCC(C)NC(=NC)NCc1ccc(N2CCN(C)CC2)nc1. The predicted molar refractivity (Wildman–Crippen MR) is 111 cm³/mol. The molecule has 2 rings (SSSR count). The van der Waals surface area contributed by atoms with Crippen LogP contribution < -0.4 is 15.5 Å². The van der Waals surface area contributed by atoms with Crippen LogP contribution in [0.2, 0.25) is 0 Å². The minimum Gasteiger partial charge on any atom is -0.354 e. The Morgan fingerprint density at radius 1 is 1.23 bits per heavy atom. The Morgan fingerprint density at radius 3 is 2.62 bits per heavy atom. The molecule has 6 heteroatoms. The lowest BCUT2D eigenvalue weighted by Gasteiger charge is -2.33. The summed E-state index contributed by atoms with van der Waals surface area (Å²) in [7, 11) is 3.99. The van der Waals surface area contributed by atoms with Crippen LogP contribution in [0, 0.1) is 0 Å². The number of piperazine rings is 1. The van der Waals surface area contributed by atoms with Gasteiger partial charge < -0.3 is 20.4 Å². The molecule has 0 radical (unpaired) electrons. The van der Waals surface area contributed by atoms with Crippen molar-refractivity contribution >= 4 is 11.8 Å². The van der Waals surface area contributed by atoms with Gasteiger partial charge in [-0.3, -0.25) is 4.99 Å². The van der Waals surface area contributed by atoms with Gasteiger partial charge in [0.05, 0.1) is 0 Å². The van der Waals surface area contributed by atoms with Crippen molar-refractivity contribution in [2.24, 2.45) is 4.99 Å². The zero-order valence-corrected chi connectivity index (χ0v) is 17.0. The molecule has 0 aromatic carbocycles. The third kappa shape index (κ3) is 6.83. The highest BCUT2D eigenvalue weighted by Gasteiger charge is 2.15. The molecule has 0 spiro atoms. The molecular weight excluding hydrogens is 324 g/mol. The molecule has 1 aromatic rings. The number of anilines is 1. The Balaban J connectivity index is 1.77. The molecule has 1 unspecified atom stereocenters. The Bertz CT molecular complexity index is 534. The zero-order chi connectivity index (χ0) is 18.8. The summed E-state index contributed by atoms with van der Waals surface area (Å²) >= 11 is 0. The molecule has 1 aliphatic rings. The fourth-order valence-corrected chi connectivity index (χ4v) is 3.13. The monoisotopic (exact) mass is 360 g/mol. The maximum Gasteiger partial charge on any atom is 0.191 e. The second kappa shape index (κ2) is 11.0. The van der Waals surface area contributed by atoms with Crippen molar-refractivity contribution in [3.63, 3.8) is 0 Å². The van der Waals surface area contributed by atoms with Crippen LogP contribution in [-0.2, 0) is 6.54 Å². The summed E-state index contributed by atoms with van der Waals surface area (Å²) in [5, 5.41) is 6.86. The van der Waals surface area contributed by atoms with E-state index in [1.165, 1.54) is 31.2 Å². The number of nitrogens with zero attached hydrogens (tertiary/aromatic N) is 4. The Labute approximate surface area is 159 Å². The lowest BCUT2D eigenvalue weighted by atomic mass is 10.1. The van der Waals surface area contributed by atoms with E-state index in [1.54, 1.807) is 0 Å². The van der Waals surface area contributed by atoms with Crippen LogP contribution in [0.3, 0.4) is 0 Å². The molecule has 1 saturated heterocycles. The molecule has 1 aliphatic heterocycles. The molecule has 146 valence electrons. The quantitative estimate of drug-likeness (QED) is 0.424. The third-order valence-electron chi connectivity index (χ3n) is 4.94. The van der Waals surface area contributed by atoms with E-state index in [1.807, 2.05) is 13.2 Å². The highest BCUT2D eigenvalue weighted by Crippen LogP contribution is 2.13. The van der Waals surface area contributed by atoms with E-state index in [4.69, 9.17) is 0 Å². The zero-order valence-electron chi connectivity index (χ0n) is 17.0. The average molecular weight is 361 g/mol. The highest BCUT2D eigenvalue weighted by atomic mass is 15.3. The Kier molecular flexibility index (Phi) is 8.68. The number of guanidine groups is 1. The number of rotatable bonds is 8. The molecule has 0 saturated carbocycles. The van der Waals surface area contributed by atoms with E-state index in [-0.39, 0.29) is 0 Å². The van der Waals surface area contributed by atoms with Gasteiger partial charge in [-0.15, -0.1) is 0 Å². The molecule has 2 heterocycles. The normalized spacial score (nSPS) is 17.2. The summed E-state index contributed by atoms with van der Waals surface area (Å²) in [6.45, 7) is 9.49. The summed E-state index contributed by atoms with van der Waals surface area (Å²) in [6.07, 6.45) is 6.97. The first kappa shape index (κ1) is 20.5. The van der Waals surface area contributed by atoms with Gasteiger partial charge in [-0.1, -0.05) is 32.3 Å². The van der Waals surface area contributed by atoms with Crippen LogP contribution in [0.5, 0.6) is 0 Å². The number of aromatic nitrogens is 1. The average Bonchev–Trinajstić information content (AvgIpc) is 2.66. The van der Waals surface area contributed by atoms with Crippen LogP contribution in [0.1, 0.15) is 45.1 Å². The summed E-state index contributed by atoms with van der Waals surface area (Å²) in [6, 6.07) is 4.72. The lowest BCUT2D eigenvalue weighted by Crippen LogP contribution is -2.44. The molecular formula is C20H36N6. The summed E-state index contributed by atoms with van der Waals surface area (Å²) in [4.78, 5) is 13.7. The van der Waals surface area contributed by atoms with E-state index >= 15 is 0 Å². The topological polar surface area (TPSA) is 55.8 Å². The summed E-state index contributed by atoms with van der Waals surface area (Å²) in [5.74, 6) is 1.94. The van der Waals surface area contributed by atoms with Crippen molar-refractivity contribution in [2.45, 2.75) is 52.1 Å². The fraction of sp³-hybridized carbons (Fsp3) is 0.700. The van der Waals surface area contributed by atoms with Gasteiger partial charge in [-0.25, -0.2) is 4.98 Å². The number of hydrogen-bond donors (Lipinski definition) is 2. The maximum absolute atomic E-state index is 4.65. The van der Waals surface area contributed by atoms with Gasteiger partial charge in [0.2, 0.25) is 0 Å². The van der Waals surface area contributed by atoms with Gasteiger partial charge in [0.25, 0.3) is 0 Å². The maximum atomic E-state index is 4.65. The number of hydrogen-bond acceptors (Lipinski definition) is 4. The van der Waals surface area contributed by atoms with Crippen molar-refractivity contribution in [3.05, 3.63) is 23.9 Å². The van der Waals surface area contributed by atoms with E-state index in [0.29, 0.717) is 6.04 Å². The molecule has 26 heavy (non-hydrogen) atoms. The van der Waals surface area contributed by atoms with Gasteiger partial charge in [0, 0.05) is 52.0 Å². The first-order valence-electron chi connectivity index (χ1n) is 9.98. The smallest absolute Gasteiger partial charge is 0.191 e. The van der Waals surface area contributed by atoms with Gasteiger partial charge in [0.15, 0.2) is 5.96 Å². The van der Waals surface area contributed by atoms with Gasteiger partial charge in [-0.2, -0.15) is 0 Å². The number of unbranched alkanes of at least 4 members (excludes halogenated alkanes) is 2. The molecule has 0 amide bonds. The fourth-order valence-electron chi connectivity index (χ4n) is 3.13. The molecule has 1 aromatic heterocycles. The first-order valence-corrected chi connectivity index (χ1v) is 9.98. The second-order valence-electron chi connectivity index (χ2n) is 7.28. The first-order chi connectivity index (χ1) is 12.6. The van der Waals surface area contributed by atoms with Crippen molar-refractivity contribution in [3.8, 4) is 0 Å². The number of nitrogens with one attached hydrogen (secondary N) is 2. The van der Waals surface area contributed by atoms with Gasteiger partial charge in [0.1, 0.15) is 5.82 Å². The second-order valence-corrected chi connectivity index (χ2v) is 7.28. The lowest BCUT2D eigenvalue weighted by molar-refractivity contribution is 0.312. The van der Waals surface area contributed by atoms with Crippen molar-refractivity contribution in [2.75, 3.05) is 45.2 Å². The summed E-state index contributed by atoms with van der Waals surface area (Å²) < 4.78 is 0. The number of likely N-dealkylation sites (N-methyl/N-ethyl adjacent to an activating group) is 1. The predicted octanol–water partition coefficient (Wildman–Crippen LogP) is 2.47. The van der Waals surface area contributed by atoms with E-state index in [9.17, 15) is 0 Å². The van der Waals surface area contributed by atoms with Crippen LogP contribution in [0.15, 0.2) is 23.3 Å². The van der Waals surface area contributed by atoms with Crippen molar-refractivity contribution in [1.82, 2.24) is 20.5 Å². The molecule has 0 aliphatic carbocycles. The molecule has 0 bridgehead atoms. The minimum atomic E-state index is 0.436. The van der Waals surface area contributed by atoms with Crippen molar-refractivity contribution in [1.29, 1.82) is 0 Å². The van der Waals surface area contributed by atoms with Crippen LogP contribution >= 0.6 is 0 Å². The third-order valence-corrected chi connectivity index (χ3v) is 4.94. The Morgan fingerprint density at radius 2 is 2.00 bits per heavy atom. The number of aliphatic imine (C=N–C) groups is 1. The van der Waals surface area contributed by atoms with E-state index in [0.717, 1.165) is 44.5 Å². The van der Waals surface area contributed by atoms with Gasteiger partial charge in [-0.05, 0) is 32.0 Å². The highest BCUT2D eigenvalue weighted by molar-refractivity contribution is 5.79. The standard InChI is InChI=1S/C20H36N6/c1-5-6-7-8-17(2)24-20(21-3)23-16-18-9-10-19(22-15-18)26-13-11-25(4)12-14-26/h9-10,15,17H,5-8,11-14,16H2,1-4H3,(H2,21,23,24). The van der Waals surface area contributed by atoms with Crippen molar-refractivity contribution < 1.29 is 0 Å². The van der Waals surface area contributed by atoms with E-state index in [2.05, 4.69) is 63.4 Å². The van der Waals surface area contributed by atoms with Crippen LogP contribution in [0.4, 0.5) is 5.82 Å². The van der Waals surface area contributed by atoms with Crippen LogP contribution in [-0.4, -0.2) is 62.2 Å². The van der Waals surface area contributed by atoms with Gasteiger partial charge >= 0.3 is 0 Å².